The number of carboxylic acid groups (broad SMARTS) is 1. The third kappa shape index (κ3) is 2.03. The molecule has 14 heavy (non-hydrogen) atoms. The lowest BCUT2D eigenvalue weighted by Gasteiger charge is -2.30. The minimum atomic E-state index is -1.43. The second-order valence-electron chi connectivity index (χ2n) is 3.31. The Morgan fingerprint density at radius 1 is 1.64 bits per heavy atom. The van der Waals surface area contributed by atoms with Crippen molar-refractivity contribution >= 4 is 5.97 Å². The van der Waals surface area contributed by atoms with Crippen LogP contribution in [0.3, 0.4) is 0 Å². The van der Waals surface area contributed by atoms with Crippen LogP contribution in [-0.2, 0) is 4.79 Å². The van der Waals surface area contributed by atoms with Crippen molar-refractivity contribution in [3.8, 4) is 0 Å². The molecule has 76 valence electrons. The molecule has 0 aromatic carbocycles. The normalized spacial score (nSPS) is 31.9. The summed E-state index contributed by atoms with van der Waals surface area (Å²) < 4.78 is 0. The Hall–Kier alpha value is -1.55. The Balaban J connectivity index is 2.87. The van der Waals surface area contributed by atoms with Crippen LogP contribution in [0.5, 0.6) is 0 Å². The molecule has 2 atom stereocenters. The van der Waals surface area contributed by atoms with Crippen molar-refractivity contribution in [3.63, 3.8) is 0 Å². The van der Waals surface area contributed by atoms with Gasteiger partial charge in [0.25, 0.3) is 0 Å². The number of rotatable bonds is 2. The highest BCUT2D eigenvalue weighted by Gasteiger charge is 2.34. The zero-order valence-electron chi connectivity index (χ0n) is 7.71. The first-order chi connectivity index (χ1) is 6.44. The number of aliphatic hydroxyl groups is 2. The van der Waals surface area contributed by atoms with Gasteiger partial charge in [0.05, 0.1) is 0 Å². The number of allylic oxidation sites excluding steroid dienone is 2. The van der Waals surface area contributed by atoms with Gasteiger partial charge in [0, 0.05) is 12.0 Å². The van der Waals surface area contributed by atoms with Gasteiger partial charge in [0.1, 0.15) is 11.4 Å². The van der Waals surface area contributed by atoms with Crippen LogP contribution in [0.25, 0.3) is 0 Å². The predicted molar refractivity (Wildman–Crippen MR) is 50.7 cm³/mol. The molecular weight excluding hydrogens is 184 g/mol. The van der Waals surface area contributed by atoms with E-state index >= 15 is 0 Å². The first-order valence-electron chi connectivity index (χ1n) is 4.16. The molecule has 3 N–H and O–H groups in total. The van der Waals surface area contributed by atoms with Crippen LogP contribution in [-0.4, -0.2) is 26.9 Å². The first kappa shape index (κ1) is 10.5. The molecule has 0 bridgehead atoms. The fourth-order valence-electron chi connectivity index (χ4n) is 1.23. The first-order valence-corrected chi connectivity index (χ1v) is 4.16. The zero-order chi connectivity index (χ0) is 10.8. The third-order valence-electron chi connectivity index (χ3n) is 2.19. The van der Waals surface area contributed by atoms with Crippen LogP contribution in [0.4, 0.5) is 0 Å². The van der Waals surface area contributed by atoms with E-state index in [0.29, 0.717) is 0 Å². The number of aliphatic hydroxyl groups excluding tert-OH is 1. The Bertz CT molecular complexity index is 323. The number of aliphatic carboxylic acids is 1. The molecule has 1 aliphatic carbocycles. The van der Waals surface area contributed by atoms with Gasteiger partial charge in [-0.2, -0.15) is 0 Å². The highest BCUT2D eigenvalue weighted by Crippen LogP contribution is 2.29. The van der Waals surface area contributed by atoms with E-state index in [2.05, 4.69) is 0 Å². The molecule has 0 spiro atoms. The molecule has 2 unspecified atom stereocenters. The number of hydrogen-bond acceptors (Lipinski definition) is 3. The van der Waals surface area contributed by atoms with E-state index < -0.39 is 17.5 Å². The van der Waals surface area contributed by atoms with Crippen molar-refractivity contribution in [3.05, 3.63) is 36.1 Å². The van der Waals surface area contributed by atoms with Gasteiger partial charge in [0.2, 0.25) is 0 Å². The highest BCUT2D eigenvalue weighted by molar-refractivity contribution is 5.79. The molecule has 0 aliphatic heterocycles. The summed E-state index contributed by atoms with van der Waals surface area (Å²) in [5.41, 5.74) is -1.43. The second-order valence-corrected chi connectivity index (χ2v) is 3.31. The smallest absolute Gasteiger partial charge is 0.327 e. The predicted octanol–water partition coefficient (Wildman–Crippen LogP) is 1.01. The Morgan fingerprint density at radius 3 is 2.86 bits per heavy atom. The number of carboxylic acids is 1. The standard InChI is InChI=1S/C10H12O4/c1-10(14)7(5-6-9(12)13)3-2-4-8(10)11/h2-7,11,14H,1H3,(H,12,13)/b6-5+. The summed E-state index contributed by atoms with van der Waals surface area (Å²) in [5, 5.41) is 27.6. The van der Waals surface area contributed by atoms with Crippen molar-refractivity contribution in [2.24, 2.45) is 5.92 Å². The van der Waals surface area contributed by atoms with E-state index in [0.717, 1.165) is 6.08 Å². The molecule has 0 amide bonds. The summed E-state index contributed by atoms with van der Waals surface area (Å²) in [5.74, 6) is -1.77. The van der Waals surface area contributed by atoms with Gasteiger partial charge < -0.3 is 15.3 Å². The average Bonchev–Trinajstić information content (AvgIpc) is 2.07. The van der Waals surface area contributed by atoms with Gasteiger partial charge >= 0.3 is 5.97 Å². The molecule has 1 rings (SSSR count). The summed E-state index contributed by atoms with van der Waals surface area (Å²) in [6.45, 7) is 1.43. The molecule has 0 heterocycles. The molecule has 4 heteroatoms. The van der Waals surface area contributed by atoms with Crippen molar-refractivity contribution < 1.29 is 20.1 Å². The largest absolute Gasteiger partial charge is 0.509 e. The van der Waals surface area contributed by atoms with Gasteiger partial charge in [-0.05, 0) is 13.0 Å². The number of hydrogen-bond donors (Lipinski definition) is 3. The van der Waals surface area contributed by atoms with Crippen molar-refractivity contribution in [1.82, 2.24) is 0 Å². The topological polar surface area (TPSA) is 77.8 Å². The summed E-state index contributed by atoms with van der Waals surface area (Å²) in [7, 11) is 0. The molecule has 0 saturated heterocycles. The van der Waals surface area contributed by atoms with Crippen LogP contribution in [0.15, 0.2) is 36.1 Å². The second kappa shape index (κ2) is 3.67. The molecule has 1 aliphatic rings. The maximum atomic E-state index is 10.3. The van der Waals surface area contributed by atoms with Gasteiger partial charge in [-0.25, -0.2) is 4.79 Å². The maximum absolute atomic E-state index is 10.3. The van der Waals surface area contributed by atoms with Crippen LogP contribution in [0.2, 0.25) is 0 Å². The van der Waals surface area contributed by atoms with Gasteiger partial charge in [-0.15, -0.1) is 0 Å². The van der Waals surface area contributed by atoms with Gasteiger partial charge in [0.15, 0.2) is 0 Å². The Labute approximate surface area is 81.5 Å². The molecule has 0 fully saturated rings. The fraction of sp³-hybridized carbons (Fsp3) is 0.300. The van der Waals surface area contributed by atoms with E-state index in [9.17, 15) is 15.0 Å². The SMILES string of the molecule is CC1(O)C(O)=CC=CC1/C=C/C(=O)O. The van der Waals surface area contributed by atoms with Crippen molar-refractivity contribution in [1.29, 1.82) is 0 Å². The highest BCUT2D eigenvalue weighted by atomic mass is 16.4. The van der Waals surface area contributed by atoms with E-state index in [1.807, 2.05) is 0 Å². The third-order valence-corrected chi connectivity index (χ3v) is 2.19. The summed E-state index contributed by atoms with van der Waals surface area (Å²) in [4.78, 5) is 10.3. The van der Waals surface area contributed by atoms with E-state index in [1.54, 1.807) is 12.2 Å². The number of carbonyl (C=O) groups is 1. The van der Waals surface area contributed by atoms with Crippen LogP contribution >= 0.6 is 0 Å². The Kier molecular flexibility index (Phi) is 2.76. The molecule has 0 aromatic heterocycles. The zero-order valence-corrected chi connectivity index (χ0v) is 7.71. The summed E-state index contributed by atoms with van der Waals surface area (Å²) >= 11 is 0. The molecule has 0 saturated carbocycles. The molecule has 0 radical (unpaired) electrons. The van der Waals surface area contributed by atoms with Crippen LogP contribution in [0, 0.1) is 5.92 Å². The lowest BCUT2D eigenvalue weighted by molar-refractivity contribution is -0.131. The van der Waals surface area contributed by atoms with Crippen LogP contribution in [0.1, 0.15) is 6.92 Å². The Morgan fingerprint density at radius 2 is 2.29 bits per heavy atom. The monoisotopic (exact) mass is 196 g/mol. The van der Waals surface area contributed by atoms with Crippen molar-refractivity contribution in [2.45, 2.75) is 12.5 Å². The van der Waals surface area contributed by atoms with Gasteiger partial charge in [-0.3, -0.25) is 0 Å². The van der Waals surface area contributed by atoms with Gasteiger partial charge in [-0.1, -0.05) is 18.2 Å². The molecule has 4 nitrogen and oxygen atoms in total. The summed E-state index contributed by atoms with van der Waals surface area (Å²) in [6.07, 6.45) is 6.86. The molecular formula is C10H12O4. The lowest BCUT2D eigenvalue weighted by Crippen LogP contribution is -2.36. The maximum Gasteiger partial charge on any atom is 0.327 e. The summed E-state index contributed by atoms with van der Waals surface area (Å²) in [6, 6.07) is 0. The van der Waals surface area contributed by atoms with E-state index in [4.69, 9.17) is 5.11 Å². The lowest BCUT2D eigenvalue weighted by atomic mass is 9.83. The quantitative estimate of drug-likeness (QED) is 0.576. The molecule has 0 aromatic rings. The average molecular weight is 196 g/mol. The van der Waals surface area contributed by atoms with E-state index in [-0.39, 0.29) is 5.76 Å². The minimum Gasteiger partial charge on any atom is -0.509 e. The van der Waals surface area contributed by atoms with Crippen molar-refractivity contribution in [2.75, 3.05) is 0 Å². The van der Waals surface area contributed by atoms with Crippen LogP contribution < -0.4 is 0 Å². The minimum absolute atomic E-state index is 0.167. The van der Waals surface area contributed by atoms with E-state index in [1.165, 1.54) is 19.1 Å². The fourth-order valence-corrected chi connectivity index (χ4v) is 1.23.